The molecule has 0 aliphatic rings. The second-order valence-corrected chi connectivity index (χ2v) is 7.50. The van der Waals surface area contributed by atoms with E-state index in [1.54, 1.807) is 26.3 Å². The SMILES string of the molecule is CCC(Sc1nc(-c2ccc(OC)cc2)cc(=O)[nH]1)C(=O)Nc1c(C#N)cnn1C. The van der Waals surface area contributed by atoms with Crippen LogP contribution in [-0.2, 0) is 11.8 Å². The number of hydrogen-bond acceptors (Lipinski definition) is 7. The van der Waals surface area contributed by atoms with Gasteiger partial charge in [0.05, 0.1) is 24.3 Å². The van der Waals surface area contributed by atoms with Gasteiger partial charge in [-0.05, 0) is 30.7 Å². The van der Waals surface area contributed by atoms with E-state index >= 15 is 0 Å². The van der Waals surface area contributed by atoms with Gasteiger partial charge in [-0.3, -0.25) is 14.3 Å². The summed E-state index contributed by atoms with van der Waals surface area (Å²) in [6, 6.07) is 10.6. The summed E-state index contributed by atoms with van der Waals surface area (Å²) in [5.41, 5.74) is 1.22. The minimum Gasteiger partial charge on any atom is -0.497 e. The zero-order valence-electron chi connectivity index (χ0n) is 16.7. The quantitative estimate of drug-likeness (QED) is 0.441. The molecule has 0 bridgehead atoms. The molecule has 3 aromatic rings. The fraction of sp³-hybridized carbons (Fsp3) is 0.250. The third kappa shape index (κ3) is 4.69. The van der Waals surface area contributed by atoms with Crippen molar-refractivity contribution in [2.45, 2.75) is 23.8 Å². The van der Waals surface area contributed by atoms with Gasteiger partial charge in [-0.15, -0.1) is 0 Å². The molecule has 0 saturated heterocycles. The Balaban J connectivity index is 1.82. The summed E-state index contributed by atoms with van der Waals surface area (Å²) in [7, 11) is 3.22. The molecule has 0 saturated carbocycles. The summed E-state index contributed by atoms with van der Waals surface area (Å²) >= 11 is 1.15. The molecule has 154 valence electrons. The van der Waals surface area contributed by atoms with Gasteiger partial charge in [0.25, 0.3) is 5.56 Å². The van der Waals surface area contributed by atoms with Crippen molar-refractivity contribution in [1.29, 1.82) is 5.26 Å². The number of aryl methyl sites for hydroxylation is 1. The minimum atomic E-state index is -0.527. The maximum absolute atomic E-state index is 12.8. The normalized spacial score (nSPS) is 11.5. The van der Waals surface area contributed by atoms with Gasteiger partial charge >= 0.3 is 0 Å². The Labute approximate surface area is 177 Å². The molecule has 0 fully saturated rings. The van der Waals surface area contributed by atoms with Crippen LogP contribution in [0.4, 0.5) is 5.82 Å². The highest BCUT2D eigenvalue weighted by Gasteiger charge is 2.22. The number of hydrogen-bond donors (Lipinski definition) is 2. The van der Waals surface area contributed by atoms with Crippen LogP contribution < -0.4 is 15.6 Å². The van der Waals surface area contributed by atoms with Gasteiger partial charge in [0.1, 0.15) is 23.2 Å². The molecule has 1 unspecified atom stereocenters. The highest BCUT2D eigenvalue weighted by molar-refractivity contribution is 8.00. The fourth-order valence-electron chi connectivity index (χ4n) is 2.72. The number of nitrogens with zero attached hydrogens (tertiary/aromatic N) is 4. The van der Waals surface area contributed by atoms with Crippen LogP contribution in [0.2, 0.25) is 0 Å². The van der Waals surface area contributed by atoms with Crippen LogP contribution in [-0.4, -0.2) is 38.0 Å². The number of H-pyrrole nitrogens is 1. The van der Waals surface area contributed by atoms with Gasteiger partial charge in [0, 0.05) is 18.7 Å². The lowest BCUT2D eigenvalue weighted by Crippen LogP contribution is -2.26. The largest absolute Gasteiger partial charge is 0.497 e. The highest BCUT2D eigenvalue weighted by Crippen LogP contribution is 2.26. The van der Waals surface area contributed by atoms with Crippen molar-refractivity contribution < 1.29 is 9.53 Å². The average molecular weight is 424 g/mol. The van der Waals surface area contributed by atoms with Crippen LogP contribution >= 0.6 is 11.8 Å². The van der Waals surface area contributed by atoms with Crippen LogP contribution in [0.3, 0.4) is 0 Å². The van der Waals surface area contributed by atoms with Crippen molar-refractivity contribution in [3.8, 4) is 23.1 Å². The Kier molecular flexibility index (Phi) is 6.54. The summed E-state index contributed by atoms with van der Waals surface area (Å²) < 4.78 is 6.58. The van der Waals surface area contributed by atoms with E-state index < -0.39 is 5.25 Å². The molecule has 3 rings (SSSR count). The van der Waals surface area contributed by atoms with Crippen molar-refractivity contribution in [1.82, 2.24) is 19.7 Å². The van der Waals surface area contributed by atoms with Crippen molar-refractivity contribution in [3.63, 3.8) is 0 Å². The molecular formula is C20H20N6O3S. The Morgan fingerprint density at radius 2 is 2.13 bits per heavy atom. The summed E-state index contributed by atoms with van der Waals surface area (Å²) in [5.74, 6) is 0.725. The first-order chi connectivity index (χ1) is 14.4. The van der Waals surface area contributed by atoms with Crippen LogP contribution in [0, 0.1) is 11.3 Å². The van der Waals surface area contributed by atoms with E-state index in [0.717, 1.165) is 17.3 Å². The van der Waals surface area contributed by atoms with Crippen molar-refractivity contribution in [3.05, 3.63) is 52.4 Å². The molecule has 1 aromatic carbocycles. The van der Waals surface area contributed by atoms with E-state index in [-0.39, 0.29) is 17.0 Å². The maximum Gasteiger partial charge on any atom is 0.252 e. The molecule has 0 aliphatic heterocycles. The molecule has 0 spiro atoms. The predicted molar refractivity (Wildman–Crippen MR) is 113 cm³/mol. The molecule has 0 aliphatic carbocycles. The standard InChI is InChI=1S/C20H20N6O3S/c1-4-16(19(28)25-18-13(10-21)11-22-26(18)2)30-20-23-15(9-17(27)24-20)12-5-7-14(29-3)8-6-12/h5-9,11,16H,4H2,1-3H3,(H,25,28)(H,23,24,27). The van der Waals surface area contributed by atoms with Crippen LogP contribution in [0.25, 0.3) is 11.3 Å². The molecule has 10 heteroatoms. The van der Waals surface area contributed by atoms with Gasteiger partial charge in [0.15, 0.2) is 5.16 Å². The molecule has 30 heavy (non-hydrogen) atoms. The van der Waals surface area contributed by atoms with Gasteiger partial charge in [-0.25, -0.2) is 4.98 Å². The van der Waals surface area contributed by atoms with Crippen LogP contribution in [0.1, 0.15) is 18.9 Å². The van der Waals surface area contributed by atoms with E-state index in [1.165, 1.54) is 16.9 Å². The lowest BCUT2D eigenvalue weighted by atomic mass is 10.1. The third-order valence-corrected chi connectivity index (χ3v) is 5.57. The lowest BCUT2D eigenvalue weighted by molar-refractivity contribution is -0.115. The van der Waals surface area contributed by atoms with Gasteiger partial charge in [-0.1, -0.05) is 18.7 Å². The van der Waals surface area contributed by atoms with Crippen LogP contribution in [0.15, 0.2) is 46.5 Å². The highest BCUT2D eigenvalue weighted by atomic mass is 32.2. The first-order valence-electron chi connectivity index (χ1n) is 9.10. The second kappa shape index (κ2) is 9.28. The lowest BCUT2D eigenvalue weighted by Gasteiger charge is -2.14. The van der Waals surface area contributed by atoms with E-state index in [4.69, 9.17) is 10.00 Å². The number of rotatable bonds is 7. The molecular weight excluding hydrogens is 404 g/mol. The second-order valence-electron chi connectivity index (χ2n) is 6.31. The smallest absolute Gasteiger partial charge is 0.252 e. The number of carbonyl (C=O) groups excluding carboxylic acids is 1. The van der Waals surface area contributed by atoms with E-state index in [9.17, 15) is 9.59 Å². The number of nitriles is 1. The summed E-state index contributed by atoms with van der Waals surface area (Å²) in [6.45, 7) is 1.86. The Hall–Kier alpha value is -3.58. The molecule has 2 N–H and O–H groups in total. The zero-order valence-corrected chi connectivity index (χ0v) is 17.5. The number of amides is 1. The number of nitrogens with one attached hydrogen (secondary N) is 2. The molecule has 2 heterocycles. The Morgan fingerprint density at radius 1 is 1.40 bits per heavy atom. The van der Waals surface area contributed by atoms with E-state index in [1.807, 2.05) is 25.1 Å². The fourth-order valence-corrected chi connectivity index (χ4v) is 3.64. The molecule has 1 amide bonds. The van der Waals surface area contributed by atoms with Gasteiger partial charge in [-0.2, -0.15) is 10.4 Å². The Morgan fingerprint density at radius 3 is 2.77 bits per heavy atom. The van der Waals surface area contributed by atoms with Gasteiger partial charge in [0.2, 0.25) is 5.91 Å². The summed E-state index contributed by atoms with van der Waals surface area (Å²) in [6.07, 6.45) is 1.88. The number of aromatic nitrogens is 4. The molecule has 9 nitrogen and oxygen atoms in total. The monoisotopic (exact) mass is 424 g/mol. The minimum absolute atomic E-state index is 0.277. The molecule has 1 atom stereocenters. The summed E-state index contributed by atoms with van der Waals surface area (Å²) in [4.78, 5) is 32.1. The molecule has 0 radical (unpaired) electrons. The third-order valence-electron chi connectivity index (χ3n) is 4.32. The Bertz CT molecular complexity index is 1150. The van der Waals surface area contributed by atoms with Crippen LogP contribution in [0.5, 0.6) is 5.75 Å². The maximum atomic E-state index is 12.8. The number of thioether (sulfide) groups is 1. The number of aromatic amines is 1. The number of anilines is 1. The first kappa shape index (κ1) is 21.1. The predicted octanol–water partition coefficient (Wildman–Crippen LogP) is 2.56. The number of carbonyl (C=O) groups is 1. The summed E-state index contributed by atoms with van der Waals surface area (Å²) in [5, 5.41) is 15.7. The first-order valence-corrected chi connectivity index (χ1v) is 9.98. The van der Waals surface area contributed by atoms with E-state index in [0.29, 0.717) is 28.8 Å². The molecule has 2 aromatic heterocycles. The number of ether oxygens (including phenoxy) is 1. The van der Waals surface area contributed by atoms with E-state index in [2.05, 4.69) is 20.4 Å². The average Bonchev–Trinajstić information content (AvgIpc) is 3.10. The van der Waals surface area contributed by atoms with Crippen molar-refractivity contribution >= 4 is 23.5 Å². The topological polar surface area (TPSA) is 126 Å². The zero-order chi connectivity index (χ0) is 21.7. The van der Waals surface area contributed by atoms with Crippen molar-refractivity contribution in [2.24, 2.45) is 7.05 Å². The van der Waals surface area contributed by atoms with Gasteiger partial charge < -0.3 is 15.0 Å². The van der Waals surface area contributed by atoms with Crippen molar-refractivity contribution in [2.75, 3.05) is 12.4 Å². The number of methoxy groups -OCH3 is 1. The number of benzene rings is 1.